The van der Waals surface area contributed by atoms with Crippen molar-refractivity contribution in [3.63, 3.8) is 0 Å². The minimum atomic E-state index is -2.51. The minimum absolute atomic E-state index is 0. The van der Waals surface area contributed by atoms with E-state index < -0.39 is 25.5 Å². The summed E-state index contributed by atoms with van der Waals surface area (Å²) in [4.78, 5) is 9.07. The third kappa shape index (κ3) is 9.98. The molecule has 1 radical (unpaired) electrons. The van der Waals surface area contributed by atoms with Gasteiger partial charge in [0.2, 0.25) is 0 Å². The van der Waals surface area contributed by atoms with Crippen LogP contribution in [0.1, 0.15) is 101 Å². The van der Waals surface area contributed by atoms with E-state index in [4.69, 9.17) is 16.0 Å². The van der Waals surface area contributed by atoms with Crippen molar-refractivity contribution < 1.29 is 31.1 Å². The smallest absolute Gasteiger partial charge is 0.0321 e. The Kier molecular flexibility index (Phi) is 10.5. The molecule has 0 saturated carbocycles. The Morgan fingerprint density at radius 2 is 1.09 bits per heavy atom. The van der Waals surface area contributed by atoms with Gasteiger partial charge in [0.1, 0.15) is 0 Å². The van der Waals surface area contributed by atoms with Crippen molar-refractivity contribution in [1.29, 1.82) is 0 Å². The van der Waals surface area contributed by atoms with Gasteiger partial charge < -0.3 is 9.97 Å². The molecule has 0 aliphatic heterocycles. The van der Waals surface area contributed by atoms with Gasteiger partial charge in [-0.1, -0.05) is 166 Å². The summed E-state index contributed by atoms with van der Waals surface area (Å²) in [7, 11) is 0. The molecule has 0 aliphatic rings. The number of benzene rings is 7. The first kappa shape index (κ1) is 36.6. The first-order valence-electron chi connectivity index (χ1n) is 25.6. The van der Waals surface area contributed by atoms with Gasteiger partial charge in [-0.3, -0.25) is 0 Å². The Morgan fingerprint density at radius 1 is 0.516 bits per heavy atom. The summed E-state index contributed by atoms with van der Waals surface area (Å²) >= 11 is 0. The molecule has 9 aromatic rings. The third-order valence-electron chi connectivity index (χ3n) is 11.4. The predicted molar refractivity (Wildman–Crippen MR) is 270 cm³/mol. The van der Waals surface area contributed by atoms with Crippen molar-refractivity contribution >= 4 is 32.3 Å². The van der Waals surface area contributed by atoms with Gasteiger partial charge in [0.15, 0.2) is 0 Å². The molecule has 7 aromatic carbocycles. The molecule has 0 N–H and O–H groups in total. The van der Waals surface area contributed by atoms with Crippen LogP contribution in [0.5, 0.6) is 0 Å². The van der Waals surface area contributed by atoms with E-state index in [1.807, 2.05) is 12.1 Å². The first-order chi connectivity index (χ1) is 33.1. The summed E-state index contributed by atoms with van der Waals surface area (Å²) < 4.78 is 62.5. The number of nitrogens with zero attached hydrogens (tertiary/aromatic N) is 2. The van der Waals surface area contributed by atoms with Gasteiger partial charge in [0.05, 0.1) is 0 Å². The molecule has 2 aromatic heterocycles. The number of rotatable bonds is 5. The average Bonchev–Trinajstić information content (AvgIpc) is 3.32. The topological polar surface area (TPSA) is 25.8 Å². The van der Waals surface area contributed by atoms with Crippen LogP contribution in [0.25, 0.3) is 77.1 Å². The zero-order valence-corrected chi connectivity index (χ0v) is 40.6. The van der Waals surface area contributed by atoms with Crippen molar-refractivity contribution in [3.05, 3.63) is 192 Å². The summed E-state index contributed by atoms with van der Waals surface area (Å²) in [6, 6.07) is 54.0. The maximum Gasteiger partial charge on any atom is 0.0321 e. The molecule has 0 saturated heterocycles. The summed E-state index contributed by atoms with van der Waals surface area (Å²) in [5, 5.41) is 7.81. The molecule has 0 atom stereocenters. The van der Waals surface area contributed by atoms with E-state index in [1.54, 1.807) is 20.8 Å². The van der Waals surface area contributed by atoms with E-state index >= 15 is 0 Å². The van der Waals surface area contributed by atoms with Gasteiger partial charge in [-0.05, 0) is 118 Å². The van der Waals surface area contributed by atoms with Crippen LogP contribution >= 0.6 is 0 Å². The van der Waals surface area contributed by atoms with Crippen molar-refractivity contribution in [2.24, 2.45) is 5.41 Å². The molecule has 3 heteroatoms. The van der Waals surface area contributed by atoms with Crippen molar-refractivity contribution in [1.82, 2.24) is 9.97 Å². The van der Waals surface area contributed by atoms with E-state index in [9.17, 15) is 0 Å². The third-order valence-corrected chi connectivity index (χ3v) is 11.4. The first-order valence-corrected chi connectivity index (χ1v) is 21.6. The van der Waals surface area contributed by atoms with Crippen LogP contribution in [0.2, 0.25) is 0 Å². The van der Waals surface area contributed by atoms with Crippen LogP contribution in [0.3, 0.4) is 0 Å². The van der Waals surface area contributed by atoms with Crippen LogP contribution in [0, 0.1) is 31.3 Å². The van der Waals surface area contributed by atoms with E-state index in [-0.39, 0.29) is 47.6 Å². The largest absolute Gasteiger partial charge is 0.304 e. The summed E-state index contributed by atoms with van der Waals surface area (Å²) in [6.45, 7) is 14.1. The molecule has 0 unspecified atom stereocenters. The number of aryl methyl sites for hydroxylation is 2. The fourth-order valence-corrected chi connectivity index (χ4v) is 8.34. The standard InChI is InChI=1S/C43H38N.C18H22N.Ir/c1-42(2,3)39-25-30(21-23-36(39)38-26-41(28-14-8-7-9-15-28)44-27-40(38)43(4,5)6)29-20-22-35-33-18-11-10-16-31(33)32-17-12-13-19-34(32)37(35)24-29;1-13-6-8-15(9-7-13)17-10-16(11-18(3,4)5)14(2)12-19-17;/h7-14,16-27H,1-6H3;6-8,10,12H,11H2,1-5H3;/q2*-1;/i;1D3,2D3,11D2;. The number of hydrogen-bond acceptors (Lipinski definition) is 2. The number of fused-ring (bicyclic) bond motifs is 6. The van der Waals surface area contributed by atoms with Crippen LogP contribution < -0.4 is 0 Å². The summed E-state index contributed by atoms with van der Waals surface area (Å²) in [5.74, 6) is 0. The number of aromatic nitrogens is 2. The Labute approximate surface area is 406 Å². The molecule has 0 fully saturated rings. The average molecular weight is 1020 g/mol. The summed E-state index contributed by atoms with van der Waals surface area (Å²) in [5.41, 5.74) is 9.41. The molecule has 2 heterocycles. The SMILES string of the molecule is CC(C)(C)c1cnc(-c2[c-]cccc2)cc1-c1ccc(-c2ccc3c4ccccc4c4ccccc4c3c2)cc1C(C)(C)C.[2H]C([2H])([2H])c1c[c-]c(-c2cc(C([2H])([2H])C(C)(C)C)c(C([2H])([2H])[2H])cn2)cc1.[Ir]. The monoisotopic (exact) mass is 1020 g/mol. The van der Waals surface area contributed by atoms with Crippen molar-refractivity contribution in [2.45, 2.75) is 93.2 Å². The fraction of sp³-hybridized carbons (Fsp3) is 0.246. The predicted octanol–water partition coefficient (Wildman–Crippen LogP) is 16.7. The summed E-state index contributed by atoms with van der Waals surface area (Å²) in [6.07, 6.45) is 1.32. The second-order valence-electron chi connectivity index (χ2n) is 19.5. The zero-order chi connectivity index (χ0) is 51.5. The maximum atomic E-state index is 8.52. The van der Waals surface area contributed by atoms with Gasteiger partial charge in [0.25, 0.3) is 0 Å². The molecule has 64 heavy (non-hydrogen) atoms. The maximum absolute atomic E-state index is 8.52. The quantitative estimate of drug-likeness (QED) is 0.127. The van der Waals surface area contributed by atoms with Crippen molar-refractivity contribution in [2.75, 3.05) is 0 Å². The Bertz CT molecular complexity index is 3380. The molecule has 0 bridgehead atoms. The molecule has 0 aliphatic carbocycles. The van der Waals surface area contributed by atoms with E-state index in [2.05, 4.69) is 168 Å². The Balaban J connectivity index is 0.000000235. The second kappa shape index (κ2) is 18.4. The molecule has 0 amide bonds. The zero-order valence-electron chi connectivity index (χ0n) is 46.2. The van der Waals surface area contributed by atoms with Crippen LogP contribution in [0.15, 0.2) is 152 Å². The number of hydrogen-bond donors (Lipinski definition) is 0. The minimum Gasteiger partial charge on any atom is -0.304 e. The van der Waals surface area contributed by atoms with Gasteiger partial charge in [-0.15, -0.1) is 71.3 Å². The van der Waals surface area contributed by atoms with Gasteiger partial charge >= 0.3 is 0 Å². The molecule has 2 nitrogen and oxygen atoms in total. The molecule has 9 rings (SSSR count). The fourth-order valence-electron chi connectivity index (χ4n) is 8.34. The molecule has 325 valence electrons. The van der Waals surface area contributed by atoms with Crippen molar-refractivity contribution in [3.8, 4) is 44.8 Å². The number of pyridine rings is 2. The van der Waals surface area contributed by atoms with Gasteiger partial charge in [-0.2, -0.15) is 0 Å². The van der Waals surface area contributed by atoms with Gasteiger partial charge in [0, 0.05) is 43.5 Å². The van der Waals surface area contributed by atoms with Crippen LogP contribution in [0.4, 0.5) is 0 Å². The van der Waals surface area contributed by atoms with Gasteiger partial charge in [-0.25, -0.2) is 0 Å². The molecule has 0 spiro atoms. The van der Waals surface area contributed by atoms with E-state index in [0.29, 0.717) is 11.3 Å². The van der Waals surface area contributed by atoms with Crippen LogP contribution in [-0.2, 0) is 37.3 Å². The molecular weight excluding hydrogens is 953 g/mol. The Hall–Kier alpha value is -5.73. The molecular formula is C61H60IrN2-2. The second-order valence-corrected chi connectivity index (χ2v) is 19.5. The van der Waals surface area contributed by atoms with Crippen LogP contribution in [-0.4, -0.2) is 9.97 Å². The van der Waals surface area contributed by atoms with E-state index in [0.717, 1.165) is 11.3 Å². The Morgan fingerprint density at radius 3 is 1.67 bits per heavy atom. The normalized spacial score (nSPS) is 14.4. The van der Waals surface area contributed by atoms with E-state index in [1.165, 1.54) is 96.2 Å².